The van der Waals surface area contributed by atoms with Crippen molar-refractivity contribution in [2.24, 2.45) is 0 Å². The van der Waals surface area contributed by atoms with E-state index in [1.807, 2.05) is 26.0 Å². The van der Waals surface area contributed by atoms with E-state index >= 15 is 0 Å². The number of H-pyrrole nitrogens is 1. The minimum Gasteiger partial charge on any atom is -0.282 e. The fourth-order valence-corrected chi connectivity index (χ4v) is 4.37. The van der Waals surface area contributed by atoms with Gasteiger partial charge in [0.05, 0.1) is 11.7 Å². The Labute approximate surface area is 148 Å². The highest BCUT2D eigenvalue weighted by atomic mass is 32.2. The van der Waals surface area contributed by atoms with E-state index in [0.717, 1.165) is 36.3 Å². The monoisotopic (exact) mass is 364 g/mol. The van der Waals surface area contributed by atoms with Crippen molar-refractivity contribution in [2.45, 2.75) is 39.2 Å². The summed E-state index contributed by atoms with van der Waals surface area (Å²) in [6.07, 6.45) is 2.52. The Hall–Kier alpha value is -1.84. The summed E-state index contributed by atoms with van der Waals surface area (Å²) >= 11 is 0. The number of piperidine rings is 1. The minimum atomic E-state index is -3.52. The zero-order valence-corrected chi connectivity index (χ0v) is 15.8. The summed E-state index contributed by atoms with van der Waals surface area (Å²) in [6, 6.07) is 3.44. The van der Waals surface area contributed by atoms with Crippen LogP contribution in [0.15, 0.2) is 12.1 Å². The number of aryl methyl sites for hydroxylation is 2. The standard InChI is InChI=1S/C16H24N6O2S/c1-11-9-13(14-10-12(2)19-20-14)18-16(17-11)15-7-5-6-8-22(15)25(23,24)21(3)4/h9-10,15H,5-8H2,1-4H3,(H,19,20)/t15-/m1/s1. The molecule has 8 nitrogen and oxygen atoms in total. The molecule has 0 amide bonds. The van der Waals surface area contributed by atoms with Crippen LogP contribution in [0.5, 0.6) is 0 Å². The van der Waals surface area contributed by atoms with Crippen LogP contribution in [-0.4, -0.2) is 57.8 Å². The van der Waals surface area contributed by atoms with Crippen molar-refractivity contribution >= 4 is 10.2 Å². The quantitative estimate of drug-likeness (QED) is 0.893. The van der Waals surface area contributed by atoms with Gasteiger partial charge in [-0.15, -0.1) is 0 Å². The normalized spacial score (nSPS) is 19.5. The molecule has 136 valence electrons. The first-order valence-electron chi connectivity index (χ1n) is 8.36. The Bertz CT molecular complexity index is 861. The predicted octanol–water partition coefficient (Wildman–Crippen LogP) is 1.82. The Morgan fingerprint density at radius 2 is 1.92 bits per heavy atom. The number of nitrogens with one attached hydrogen (secondary N) is 1. The molecule has 0 aliphatic carbocycles. The van der Waals surface area contributed by atoms with Crippen molar-refractivity contribution < 1.29 is 8.42 Å². The van der Waals surface area contributed by atoms with Crippen LogP contribution in [0.1, 0.15) is 42.5 Å². The van der Waals surface area contributed by atoms with Crippen LogP contribution >= 0.6 is 0 Å². The van der Waals surface area contributed by atoms with Gasteiger partial charge in [-0.3, -0.25) is 5.10 Å². The van der Waals surface area contributed by atoms with Gasteiger partial charge in [0.25, 0.3) is 10.2 Å². The maximum atomic E-state index is 12.7. The van der Waals surface area contributed by atoms with Crippen LogP contribution in [0.2, 0.25) is 0 Å². The molecule has 2 aromatic rings. The highest BCUT2D eigenvalue weighted by Gasteiger charge is 2.36. The molecule has 1 aliphatic rings. The summed E-state index contributed by atoms with van der Waals surface area (Å²) in [5.41, 5.74) is 3.19. The molecule has 0 radical (unpaired) electrons. The first-order chi connectivity index (χ1) is 11.8. The van der Waals surface area contributed by atoms with Gasteiger partial charge in [-0.1, -0.05) is 6.42 Å². The Balaban J connectivity index is 2.03. The smallest absolute Gasteiger partial charge is 0.282 e. The lowest BCUT2D eigenvalue weighted by Gasteiger charge is -2.35. The van der Waals surface area contributed by atoms with Crippen molar-refractivity contribution in [3.8, 4) is 11.4 Å². The van der Waals surface area contributed by atoms with Crippen molar-refractivity contribution in [3.63, 3.8) is 0 Å². The van der Waals surface area contributed by atoms with E-state index in [9.17, 15) is 8.42 Å². The Morgan fingerprint density at radius 3 is 2.56 bits per heavy atom. The van der Waals surface area contributed by atoms with Crippen molar-refractivity contribution in [1.29, 1.82) is 0 Å². The third kappa shape index (κ3) is 3.58. The molecule has 2 aromatic heterocycles. The number of aromatic nitrogens is 4. The van der Waals surface area contributed by atoms with E-state index < -0.39 is 10.2 Å². The van der Waals surface area contributed by atoms with Gasteiger partial charge in [0.1, 0.15) is 11.5 Å². The molecule has 25 heavy (non-hydrogen) atoms. The largest absolute Gasteiger partial charge is 0.282 e. The first kappa shape index (κ1) is 18.0. The van der Waals surface area contributed by atoms with Crippen LogP contribution in [0.25, 0.3) is 11.4 Å². The van der Waals surface area contributed by atoms with Gasteiger partial charge in [0.15, 0.2) is 0 Å². The van der Waals surface area contributed by atoms with Gasteiger partial charge < -0.3 is 0 Å². The summed E-state index contributed by atoms with van der Waals surface area (Å²) < 4.78 is 28.2. The summed E-state index contributed by atoms with van der Waals surface area (Å²) in [5, 5.41) is 7.16. The second-order valence-electron chi connectivity index (χ2n) is 6.60. The SMILES string of the molecule is Cc1cc(-c2cc(C)[nH]n2)nc([C@H]2CCCCN2S(=O)(=O)N(C)C)n1. The van der Waals surface area contributed by atoms with E-state index in [0.29, 0.717) is 18.1 Å². The van der Waals surface area contributed by atoms with E-state index in [1.165, 1.54) is 8.61 Å². The van der Waals surface area contributed by atoms with Gasteiger partial charge in [0.2, 0.25) is 0 Å². The molecule has 0 bridgehead atoms. The molecule has 0 unspecified atom stereocenters. The lowest BCUT2D eigenvalue weighted by atomic mass is 10.0. The van der Waals surface area contributed by atoms with Crippen molar-refractivity contribution in [3.05, 3.63) is 29.3 Å². The zero-order chi connectivity index (χ0) is 18.2. The van der Waals surface area contributed by atoms with Gasteiger partial charge in [0, 0.05) is 32.0 Å². The molecule has 0 saturated carbocycles. The molecule has 9 heteroatoms. The topological polar surface area (TPSA) is 95.1 Å². The van der Waals surface area contributed by atoms with Crippen LogP contribution in [-0.2, 0) is 10.2 Å². The molecule has 0 spiro atoms. The summed E-state index contributed by atoms with van der Waals surface area (Å²) in [4.78, 5) is 9.18. The highest BCUT2D eigenvalue weighted by molar-refractivity contribution is 7.86. The minimum absolute atomic E-state index is 0.347. The number of nitrogens with zero attached hydrogens (tertiary/aromatic N) is 5. The molecule has 1 fully saturated rings. The highest BCUT2D eigenvalue weighted by Crippen LogP contribution is 2.33. The Kier molecular flexibility index (Phi) is 4.90. The third-order valence-corrected chi connectivity index (χ3v) is 6.30. The molecular formula is C16H24N6O2S. The first-order valence-corrected chi connectivity index (χ1v) is 9.76. The second kappa shape index (κ2) is 6.81. The van der Waals surface area contributed by atoms with Crippen LogP contribution in [0, 0.1) is 13.8 Å². The number of hydrogen-bond donors (Lipinski definition) is 1. The maximum Gasteiger partial charge on any atom is 0.282 e. The maximum absolute atomic E-state index is 12.7. The molecule has 1 saturated heterocycles. The van der Waals surface area contributed by atoms with Crippen LogP contribution in [0.4, 0.5) is 0 Å². The average Bonchev–Trinajstić information content (AvgIpc) is 3.00. The molecule has 1 N–H and O–H groups in total. The predicted molar refractivity (Wildman–Crippen MR) is 95.0 cm³/mol. The van der Waals surface area contributed by atoms with Crippen molar-refractivity contribution in [2.75, 3.05) is 20.6 Å². The summed E-state index contributed by atoms with van der Waals surface area (Å²) in [6.45, 7) is 4.30. The van der Waals surface area contributed by atoms with E-state index in [1.54, 1.807) is 14.1 Å². The van der Waals surface area contributed by atoms with Gasteiger partial charge in [-0.05, 0) is 38.8 Å². The molecular weight excluding hydrogens is 340 g/mol. The summed E-state index contributed by atoms with van der Waals surface area (Å²) in [7, 11) is -0.415. The van der Waals surface area contributed by atoms with Gasteiger partial charge >= 0.3 is 0 Å². The molecule has 1 atom stereocenters. The molecule has 1 aliphatic heterocycles. The molecule has 0 aromatic carbocycles. The van der Waals surface area contributed by atoms with E-state index in [-0.39, 0.29) is 6.04 Å². The Morgan fingerprint density at radius 1 is 1.16 bits per heavy atom. The van der Waals surface area contributed by atoms with E-state index in [4.69, 9.17) is 0 Å². The van der Waals surface area contributed by atoms with Crippen LogP contribution in [0.3, 0.4) is 0 Å². The summed E-state index contributed by atoms with van der Waals surface area (Å²) in [5.74, 6) is 0.542. The number of hydrogen-bond acceptors (Lipinski definition) is 5. The zero-order valence-electron chi connectivity index (χ0n) is 15.0. The van der Waals surface area contributed by atoms with E-state index in [2.05, 4.69) is 20.2 Å². The lowest BCUT2D eigenvalue weighted by molar-refractivity contribution is 0.234. The molecule has 3 heterocycles. The lowest BCUT2D eigenvalue weighted by Crippen LogP contribution is -2.45. The third-order valence-electron chi connectivity index (χ3n) is 4.35. The fourth-order valence-electron chi connectivity index (χ4n) is 3.07. The van der Waals surface area contributed by atoms with Gasteiger partial charge in [-0.25, -0.2) is 9.97 Å². The molecule has 3 rings (SSSR count). The van der Waals surface area contributed by atoms with Gasteiger partial charge in [-0.2, -0.15) is 22.1 Å². The van der Waals surface area contributed by atoms with Crippen molar-refractivity contribution in [1.82, 2.24) is 28.8 Å². The number of rotatable bonds is 4. The average molecular weight is 364 g/mol. The number of aromatic amines is 1. The fraction of sp³-hybridized carbons (Fsp3) is 0.562. The van der Waals surface area contributed by atoms with Crippen LogP contribution < -0.4 is 0 Å². The second-order valence-corrected chi connectivity index (χ2v) is 8.70.